The van der Waals surface area contributed by atoms with Gasteiger partial charge in [0.25, 0.3) is 0 Å². The van der Waals surface area contributed by atoms with Crippen molar-refractivity contribution < 1.29 is 13.6 Å². The van der Waals surface area contributed by atoms with Crippen molar-refractivity contribution in [1.29, 1.82) is 0 Å². The van der Waals surface area contributed by atoms with Gasteiger partial charge in [-0.1, -0.05) is 30.3 Å². The summed E-state index contributed by atoms with van der Waals surface area (Å²) in [4.78, 5) is 11.8. The number of amides is 1. The van der Waals surface area contributed by atoms with Gasteiger partial charge in [0.05, 0.1) is 12.1 Å². The van der Waals surface area contributed by atoms with Crippen molar-refractivity contribution in [2.45, 2.75) is 6.42 Å². The molecule has 0 unspecified atom stereocenters. The number of rotatable bonds is 3. The summed E-state index contributed by atoms with van der Waals surface area (Å²) in [6.07, 6.45) is 0.129. The molecule has 0 saturated heterocycles. The smallest absolute Gasteiger partial charge is 0.228 e. The molecule has 1 N–H and O–H groups in total. The van der Waals surface area contributed by atoms with Crippen LogP contribution in [0.3, 0.4) is 0 Å². The van der Waals surface area contributed by atoms with Gasteiger partial charge in [-0.15, -0.1) is 0 Å². The highest BCUT2D eigenvalue weighted by atomic mass is 79.9. The molecule has 0 atom stereocenters. The van der Waals surface area contributed by atoms with Gasteiger partial charge in [0.2, 0.25) is 5.91 Å². The van der Waals surface area contributed by atoms with Crippen molar-refractivity contribution in [3.05, 3.63) is 64.1 Å². The summed E-state index contributed by atoms with van der Waals surface area (Å²) in [6, 6.07) is 10.9. The van der Waals surface area contributed by atoms with Crippen LogP contribution in [-0.2, 0) is 11.2 Å². The second kappa shape index (κ2) is 5.93. The van der Waals surface area contributed by atoms with Crippen LogP contribution in [0.2, 0.25) is 0 Å². The lowest BCUT2D eigenvalue weighted by Crippen LogP contribution is -2.15. The summed E-state index contributed by atoms with van der Waals surface area (Å²) in [5, 5.41) is 2.43. The predicted octanol–water partition coefficient (Wildman–Crippen LogP) is 3.91. The van der Waals surface area contributed by atoms with Crippen LogP contribution in [0.15, 0.2) is 46.9 Å². The summed E-state index contributed by atoms with van der Waals surface area (Å²) < 4.78 is 26.6. The molecule has 2 aromatic carbocycles. The maximum absolute atomic E-state index is 13.5. The van der Waals surface area contributed by atoms with Gasteiger partial charge in [-0.25, -0.2) is 8.78 Å². The molecule has 0 heterocycles. The van der Waals surface area contributed by atoms with Crippen LogP contribution in [0, 0.1) is 11.6 Å². The zero-order valence-electron chi connectivity index (χ0n) is 9.79. The fraction of sp³-hybridized carbons (Fsp3) is 0.0714. The van der Waals surface area contributed by atoms with Crippen LogP contribution in [0.4, 0.5) is 14.5 Å². The number of carbonyl (C=O) groups excluding carboxylic acids is 1. The number of benzene rings is 2. The average molecular weight is 326 g/mol. The average Bonchev–Trinajstić information content (AvgIpc) is 2.35. The number of nitrogens with one attached hydrogen (secondary N) is 1. The van der Waals surface area contributed by atoms with Gasteiger partial charge in [0, 0.05) is 10.5 Å². The third-order valence-electron chi connectivity index (χ3n) is 2.48. The predicted molar refractivity (Wildman–Crippen MR) is 72.8 cm³/mol. The quantitative estimate of drug-likeness (QED) is 0.910. The monoisotopic (exact) mass is 325 g/mol. The molecule has 0 aliphatic rings. The van der Waals surface area contributed by atoms with Gasteiger partial charge in [0.15, 0.2) is 5.82 Å². The van der Waals surface area contributed by atoms with E-state index in [0.717, 1.165) is 17.7 Å². The Balaban J connectivity index is 2.12. The Bertz CT molecular complexity index is 579. The number of anilines is 1. The van der Waals surface area contributed by atoms with Gasteiger partial charge < -0.3 is 5.32 Å². The third-order valence-corrected chi connectivity index (χ3v) is 3.10. The van der Waals surface area contributed by atoms with Crippen LogP contribution in [0.1, 0.15) is 5.56 Å². The van der Waals surface area contributed by atoms with E-state index < -0.39 is 11.6 Å². The van der Waals surface area contributed by atoms with Crippen molar-refractivity contribution in [2.75, 3.05) is 5.32 Å². The second-order valence-electron chi connectivity index (χ2n) is 3.95. The lowest BCUT2D eigenvalue weighted by atomic mass is 10.1. The number of hydrogen-bond acceptors (Lipinski definition) is 1. The van der Waals surface area contributed by atoms with Crippen LogP contribution in [0.25, 0.3) is 0 Å². The number of carbonyl (C=O) groups is 1. The minimum atomic E-state index is -0.812. The van der Waals surface area contributed by atoms with E-state index in [9.17, 15) is 13.6 Å². The minimum Gasteiger partial charge on any atom is -0.322 e. The molecule has 5 heteroatoms. The molecule has 0 spiro atoms. The van der Waals surface area contributed by atoms with Crippen LogP contribution in [0.5, 0.6) is 0 Å². The van der Waals surface area contributed by atoms with E-state index in [-0.39, 0.29) is 22.5 Å². The van der Waals surface area contributed by atoms with E-state index >= 15 is 0 Å². The lowest BCUT2D eigenvalue weighted by Gasteiger charge is -2.09. The fourth-order valence-electron chi connectivity index (χ4n) is 1.63. The van der Waals surface area contributed by atoms with Gasteiger partial charge in [-0.3, -0.25) is 4.79 Å². The van der Waals surface area contributed by atoms with Crippen molar-refractivity contribution in [3.63, 3.8) is 0 Å². The zero-order chi connectivity index (χ0) is 13.8. The second-order valence-corrected chi connectivity index (χ2v) is 4.81. The van der Waals surface area contributed by atoms with Crippen LogP contribution >= 0.6 is 15.9 Å². The van der Waals surface area contributed by atoms with Crippen LogP contribution in [-0.4, -0.2) is 5.91 Å². The third kappa shape index (κ3) is 3.61. The largest absolute Gasteiger partial charge is 0.322 e. The molecular weight excluding hydrogens is 316 g/mol. The first-order valence-electron chi connectivity index (χ1n) is 5.54. The first kappa shape index (κ1) is 13.7. The molecule has 2 nitrogen and oxygen atoms in total. The lowest BCUT2D eigenvalue weighted by molar-refractivity contribution is -0.115. The highest BCUT2D eigenvalue weighted by Gasteiger charge is 2.12. The Morgan fingerprint density at radius 2 is 1.84 bits per heavy atom. The van der Waals surface area contributed by atoms with Crippen molar-refractivity contribution in [1.82, 2.24) is 0 Å². The van der Waals surface area contributed by atoms with Gasteiger partial charge in [-0.2, -0.15) is 0 Å². The van der Waals surface area contributed by atoms with E-state index in [1.54, 1.807) is 12.1 Å². The molecule has 19 heavy (non-hydrogen) atoms. The summed E-state index contributed by atoms with van der Waals surface area (Å²) in [5.41, 5.74) is 0.765. The normalized spacial score (nSPS) is 10.3. The highest BCUT2D eigenvalue weighted by Crippen LogP contribution is 2.26. The fourth-order valence-corrected chi connectivity index (χ4v) is 2.13. The molecule has 98 valence electrons. The first-order chi connectivity index (χ1) is 9.06. The molecule has 0 bridgehead atoms. The summed E-state index contributed by atoms with van der Waals surface area (Å²) in [7, 11) is 0. The molecule has 0 aliphatic heterocycles. The SMILES string of the molecule is O=C(Cc1ccccc1)Nc1c(F)cc(F)cc1Br. The topological polar surface area (TPSA) is 29.1 Å². The molecule has 0 aliphatic carbocycles. The highest BCUT2D eigenvalue weighted by molar-refractivity contribution is 9.10. The Labute approximate surface area is 117 Å². The molecule has 0 radical (unpaired) electrons. The van der Waals surface area contributed by atoms with Crippen molar-refractivity contribution >= 4 is 27.5 Å². The van der Waals surface area contributed by atoms with Gasteiger partial charge >= 0.3 is 0 Å². The Morgan fingerprint density at radius 1 is 1.16 bits per heavy atom. The molecule has 0 saturated carbocycles. The van der Waals surface area contributed by atoms with Crippen LogP contribution < -0.4 is 5.32 Å². The maximum Gasteiger partial charge on any atom is 0.228 e. The summed E-state index contributed by atoms with van der Waals surface area (Å²) >= 11 is 3.02. The zero-order valence-corrected chi connectivity index (χ0v) is 11.4. The number of halogens is 3. The molecule has 1 amide bonds. The number of hydrogen-bond donors (Lipinski definition) is 1. The molecule has 0 aromatic heterocycles. The minimum absolute atomic E-state index is 0.0534. The van der Waals surface area contributed by atoms with E-state index in [4.69, 9.17) is 0 Å². The van der Waals surface area contributed by atoms with Gasteiger partial charge in [-0.05, 0) is 27.6 Å². The summed E-state index contributed by atoms with van der Waals surface area (Å²) in [6.45, 7) is 0. The van der Waals surface area contributed by atoms with E-state index in [1.807, 2.05) is 18.2 Å². The first-order valence-corrected chi connectivity index (χ1v) is 6.34. The van der Waals surface area contributed by atoms with Gasteiger partial charge in [0.1, 0.15) is 5.82 Å². The molecule has 2 rings (SSSR count). The maximum atomic E-state index is 13.5. The Morgan fingerprint density at radius 3 is 2.47 bits per heavy atom. The standard InChI is InChI=1S/C14H10BrF2NO/c15-11-7-10(16)8-12(17)14(11)18-13(19)6-9-4-2-1-3-5-9/h1-5,7-8H,6H2,(H,18,19). The molecule has 0 fully saturated rings. The molecular formula is C14H10BrF2NO. The summed E-state index contributed by atoms with van der Waals surface area (Å²) in [5.74, 6) is -1.88. The van der Waals surface area contributed by atoms with Crippen molar-refractivity contribution in [2.24, 2.45) is 0 Å². The van der Waals surface area contributed by atoms with E-state index in [1.165, 1.54) is 0 Å². The Hall–Kier alpha value is -1.75. The van der Waals surface area contributed by atoms with E-state index in [2.05, 4.69) is 21.2 Å². The van der Waals surface area contributed by atoms with E-state index in [0.29, 0.717) is 0 Å². The van der Waals surface area contributed by atoms with Crippen molar-refractivity contribution in [3.8, 4) is 0 Å². The Kier molecular flexibility index (Phi) is 4.27. The molecule has 2 aromatic rings.